The molecule has 0 radical (unpaired) electrons. The van der Waals surface area contributed by atoms with Crippen LogP contribution in [0.5, 0.6) is 0 Å². The van der Waals surface area contributed by atoms with Crippen molar-refractivity contribution in [3.8, 4) is 10.6 Å². The molecule has 5 heteroatoms. The monoisotopic (exact) mass is 390 g/mol. The van der Waals surface area contributed by atoms with Crippen molar-refractivity contribution in [2.45, 2.75) is 32.8 Å². The Labute approximate surface area is 168 Å². The minimum Gasteiger partial charge on any atom is -0.459 e. The Kier molecular flexibility index (Phi) is 5.53. The maximum atomic E-state index is 12.1. The summed E-state index contributed by atoms with van der Waals surface area (Å²) in [5.74, 6) is -0.176. The van der Waals surface area contributed by atoms with Gasteiger partial charge in [-0.1, -0.05) is 48.0 Å². The van der Waals surface area contributed by atoms with Crippen molar-refractivity contribution in [1.29, 1.82) is 0 Å². The second-order valence-electron chi connectivity index (χ2n) is 6.88. The summed E-state index contributed by atoms with van der Waals surface area (Å²) in [6, 6.07) is 16.5. The fourth-order valence-corrected chi connectivity index (χ4v) is 4.00. The summed E-state index contributed by atoms with van der Waals surface area (Å²) in [4.78, 5) is 19.9. The van der Waals surface area contributed by atoms with Crippen LogP contribution in [0.4, 0.5) is 0 Å². The largest absolute Gasteiger partial charge is 0.459 e. The van der Waals surface area contributed by atoms with Crippen molar-refractivity contribution < 1.29 is 9.53 Å². The molecular formula is C23H22N2O2S. The first kappa shape index (κ1) is 18.4. The van der Waals surface area contributed by atoms with Gasteiger partial charge in [-0.05, 0) is 31.4 Å². The lowest BCUT2D eigenvalue weighted by molar-refractivity contribution is -0.145. The number of aryl methyl sites for hydroxylation is 2. The summed E-state index contributed by atoms with van der Waals surface area (Å²) in [5, 5.41) is 4.13. The number of thiazole rings is 1. The number of H-pyrrole nitrogens is 1. The molecule has 0 aliphatic carbocycles. The van der Waals surface area contributed by atoms with E-state index >= 15 is 0 Å². The minimum atomic E-state index is -0.176. The van der Waals surface area contributed by atoms with Gasteiger partial charge in [-0.2, -0.15) is 0 Å². The van der Waals surface area contributed by atoms with Gasteiger partial charge in [-0.3, -0.25) is 4.79 Å². The number of nitrogens with one attached hydrogen (secondary N) is 1. The van der Waals surface area contributed by atoms with Crippen molar-refractivity contribution in [3.05, 3.63) is 76.9 Å². The van der Waals surface area contributed by atoms with E-state index in [1.807, 2.05) is 23.7 Å². The Balaban J connectivity index is 1.25. The number of ether oxygens (including phenoxy) is 1. The molecule has 0 saturated carbocycles. The summed E-state index contributed by atoms with van der Waals surface area (Å²) < 4.78 is 5.40. The smallest absolute Gasteiger partial charge is 0.306 e. The number of benzene rings is 2. The first-order valence-electron chi connectivity index (χ1n) is 9.41. The Hall–Kier alpha value is -2.92. The minimum absolute atomic E-state index is 0.176. The van der Waals surface area contributed by atoms with Crippen molar-refractivity contribution in [3.63, 3.8) is 0 Å². The van der Waals surface area contributed by atoms with E-state index in [1.54, 1.807) is 11.3 Å². The molecule has 4 aromatic rings. The quantitative estimate of drug-likeness (QED) is 0.414. The predicted octanol–water partition coefficient (Wildman–Crippen LogP) is 5.67. The molecule has 2 heterocycles. The lowest BCUT2D eigenvalue weighted by atomic mass is 10.1. The molecule has 0 saturated heterocycles. The molecule has 0 amide bonds. The van der Waals surface area contributed by atoms with Gasteiger partial charge in [0, 0.05) is 34.5 Å². The molecule has 4 rings (SSSR count). The zero-order valence-electron chi connectivity index (χ0n) is 15.8. The van der Waals surface area contributed by atoms with Gasteiger partial charge in [0.15, 0.2) is 0 Å². The number of hydrogen-bond acceptors (Lipinski definition) is 4. The van der Waals surface area contributed by atoms with E-state index in [2.05, 4.69) is 53.3 Å². The first-order chi connectivity index (χ1) is 13.7. The van der Waals surface area contributed by atoms with Crippen LogP contribution in [0.2, 0.25) is 0 Å². The Morgan fingerprint density at radius 2 is 1.96 bits per heavy atom. The van der Waals surface area contributed by atoms with Crippen LogP contribution < -0.4 is 0 Å². The zero-order valence-corrected chi connectivity index (χ0v) is 16.6. The molecule has 0 atom stereocenters. The molecule has 4 nitrogen and oxygen atoms in total. The lowest BCUT2D eigenvalue weighted by Gasteiger charge is -2.03. The number of aromatic nitrogens is 2. The summed E-state index contributed by atoms with van der Waals surface area (Å²) in [5.41, 5.74) is 5.48. The third-order valence-corrected chi connectivity index (χ3v) is 5.67. The highest BCUT2D eigenvalue weighted by atomic mass is 32.1. The van der Waals surface area contributed by atoms with Gasteiger partial charge in [0.2, 0.25) is 0 Å². The summed E-state index contributed by atoms with van der Waals surface area (Å²) in [6.07, 6.45) is 4.06. The van der Waals surface area contributed by atoms with Crippen LogP contribution >= 0.6 is 11.3 Å². The van der Waals surface area contributed by atoms with Crippen LogP contribution in [0.3, 0.4) is 0 Å². The highest BCUT2D eigenvalue weighted by Gasteiger charge is 2.09. The van der Waals surface area contributed by atoms with Crippen molar-refractivity contribution in [1.82, 2.24) is 9.97 Å². The lowest BCUT2D eigenvalue weighted by Crippen LogP contribution is -2.05. The number of nitrogens with zero attached hydrogens (tertiary/aromatic N) is 1. The molecule has 0 aliphatic heterocycles. The number of rotatable bonds is 7. The fraction of sp³-hybridized carbons (Fsp3) is 0.217. The number of esters is 1. The van der Waals surface area contributed by atoms with E-state index in [-0.39, 0.29) is 12.6 Å². The van der Waals surface area contributed by atoms with Gasteiger partial charge >= 0.3 is 5.97 Å². The molecule has 2 aromatic carbocycles. The van der Waals surface area contributed by atoms with Crippen molar-refractivity contribution in [2.75, 3.05) is 0 Å². The third-order valence-electron chi connectivity index (χ3n) is 4.73. The SMILES string of the molecule is Cc1ccc(-c2nc(COC(=O)CCCc3c[nH]c4ccccc34)cs2)cc1. The second kappa shape index (κ2) is 8.40. The van der Waals surface area contributed by atoms with E-state index in [1.165, 1.54) is 16.5 Å². The number of carbonyl (C=O) groups excluding carboxylic acids is 1. The Morgan fingerprint density at radius 1 is 1.14 bits per heavy atom. The number of aromatic amines is 1. The molecule has 2 aromatic heterocycles. The van der Waals surface area contributed by atoms with Gasteiger partial charge in [-0.15, -0.1) is 11.3 Å². The van der Waals surface area contributed by atoms with E-state index in [4.69, 9.17) is 4.74 Å². The third kappa shape index (κ3) is 4.31. The average Bonchev–Trinajstić information content (AvgIpc) is 3.35. The molecule has 1 N–H and O–H groups in total. The number of para-hydroxylation sites is 1. The summed E-state index contributed by atoms with van der Waals surface area (Å²) in [6.45, 7) is 2.29. The van der Waals surface area contributed by atoms with Crippen LogP contribution in [0.25, 0.3) is 21.5 Å². The zero-order chi connectivity index (χ0) is 19.3. The van der Waals surface area contributed by atoms with E-state index in [0.717, 1.165) is 34.6 Å². The van der Waals surface area contributed by atoms with Crippen LogP contribution in [0, 0.1) is 6.92 Å². The fourth-order valence-electron chi connectivity index (χ4n) is 3.19. The van der Waals surface area contributed by atoms with Crippen LogP contribution in [-0.2, 0) is 22.6 Å². The predicted molar refractivity (Wildman–Crippen MR) is 113 cm³/mol. The van der Waals surface area contributed by atoms with E-state index in [0.29, 0.717) is 6.42 Å². The molecule has 0 fully saturated rings. The maximum Gasteiger partial charge on any atom is 0.306 e. The maximum absolute atomic E-state index is 12.1. The highest BCUT2D eigenvalue weighted by Crippen LogP contribution is 2.24. The van der Waals surface area contributed by atoms with Crippen LogP contribution in [-0.4, -0.2) is 15.9 Å². The van der Waals surface area contributed by atoms with Gasteiger partial charge < -0.3 is 9.72 Å². The van der Waals surface area contributed by atoms with Gasteiger partial charge in [-0.25, -0.2) is 4.98 Å². The highest BCUT2D eigenvalue weighted by molar-refractivity contribution is 7.13. The number of fused-ring (bicyclic) bond motifs is 1. The van der Waals surface area contributed by atoms with Gasteiger partial charge in [0.05, 0.1) is 5.69 Å². The number of hydrogen-bond donors (Lipinski definition) is 1. The van der Waals surface area contributed by atoms with Crippen molar-refractivity contribution in [2.24, 2.45) is 0 Å². The standard InChI is InChI=1S/C23H22N2O2S/c1-16-9-11-17(12-10-16)23-25-19(15-28-23)14-27-22(26)8-4-5-18-13-24-21-7-3-2-6-20(18)21/h2-3,6-7,9-13,15,24H,4-5,8,14H2,1H3. The molecule has 142 valence electrons. The molecule has 28 heavy (non-hydrogen) atoms. The van der Waals surface area contributed by atoms with Crippen LogP contribution in [0.15, 0.2) is 60.1 Å². The molecule has 0 bridgehead atoms. The Bertz CT molecular complexity index is 1080. The summed E-state index contributed by atoms with van der Waals surface area (Å²) in [7, 11) is 0. The number of carbonyl (C=O) groups is 1. The molecule has 0 aliphatic rings. The van der Waals surface area contributed by atoms with Gasteiger partial charge in [0.1, 0.15) is 11.6 Å². The molecular weight excluding hydrogens is 368 g/mol. The Morgan fingerprint density at radius 3 is 2.82 bits per heavy atom. The molecule has 0 spiro atoms. The van der Waals surface area contributed by atoms with Gasteiger partial charge in [0.25, 0.3) is 0 Å². The van der Waals surface area contributed by atoms with E-state index in [9.17, 15) is 4.79 Å². The normalized spacial score (nSPS) is 11.0. The van der Waals surface area contributed by atoms with Crippen molar-refractivity contribution >= 4 is 28.2 Å². The first-order valence-corrected chi connectivity index (χ1v) is 10.3. The second-order valence-corrected chi connectivity index (χ2v) is 7.74. The topological polar surface area (TPSA) is 55.0 Å². The van der Waals surface area contributed by atoms with E-state index < -0.39 is 0 Å². The molecule has 0 unspecified atom stereocenters. The summed E-state index contributed by atoms with van der Waals surface area (Å²) >= 11 is 1.57. The van der Waals surface area contributed by atoms with Crippen LogP contribution in [0.1, 0.15) is 29.7 Å². The average molecular weight is 391 g/mol.